The fraction of sp³-hybridized carbons (Fsp3) is 0.462. The number of carbonyl (C=O) groups is 1. The van der Waals surface area contributed by atoms with Gasteiger partial charge in [-0.15, -0.1) is 0 Å². The summed E-state index contributed by atoms with van der Waals surface area (Å²) in [5.41, 5.74) is 5.51. The van der Waals surface area contributed by atoms with Gasteiger partial charge in [-0.3, -0.25) is 4.79 Å². The van der Waals surface area contributed by atoms with E-state index in [-0.39, 0.29) is 11.6 Å². The van der Waals surface area contributed by atoms with Crippen LogP contribution in [-0.2, 0) is 4.79 Å². The molecule has 1 aromatic rings. The largest absolute Gasteiger partial charge is 0.329 e. The number of nitrogens with two attached hydrogens (primary N) is 1. The molecule has 1 fully saturated rings. The summed E-state index contributed by atoms with van der Waals surface area (Å²) in [7, 11) is 1.60. The van der Waals surface area contributed by atoms with Crippen molar-refractivity contribution in [3.63, 3.8) is 0 Å². The quantitative estimate of drug-likeness (QED) is 0.932. The predicted octanol–water partition coefficient (Wildman–Crippen LogP) is 2.68. The van der Waals surface area contributed by atoms with Crippen molar-refractivity contribution in [1.82, 2.24) is 0 Å². The molecule has 1 aliphatic rings. The molecule has 0 spiro atoms. The van der Waals surface area contributed by atoms with E-state index in [0.717, 1.165) is 23.7 Å². The third-order valence-electron chi connectivity index (χ3n) is 3.73. The molecule has 0 aromatic heterocycles. The van der Waals surface area contributed by atoms with Gasteiger partial charge in [-0.1, -0.05) is 22.4 Å². The summed E-state index contributed by atoms with van der Waals surface area (Å²) in [6, 6.07) is 4.56. The fourth-order valence-corrected chi connectivity index (χ4v) is 2.67. The van der Waals surface area contributed by atoms with Crippen LogP contribution in [0.5, 0.6) is 0 Å². The van der Waals surface area contributed by atoms with Gasteiger partial charge in [0.1, 0.15) is 5.82 Å². The van der Waals surface area contributed by atoms with E-state index in [0.29, 0.717) is 6.54 Å². The maximum atomic E-state index is 13.7. The molecule has 5 heteroatoms. The van der Waals surface area contributed by atoms with Gasteiger partial charge >= 0.3 is 0 Å². The van der Waals surface area contributed by atoms with Crippen LogP contribution in [0.4, 0.5) is 10.1 Å². The molecule has 98 valence electrons. The average Bonchev–Trinajstić information content (AvgIpc) is 2.30. The number of amides is 1. The number of anilines is 1. The molecule has 1 saturated carbocycles. The van der Waals surface area contributed by atoms with Gasteiger partial charge in [-0.25, -0.2) is 4.39 Å². The van der Waals surface area contributed by atoms with Gasteiger partial charge in [0.05, 0.1) is 11.1 Å². The summed E-state index contributed by atoms with van der Waals surface area (Å²) in [4.78, 5) is 13.8. The Kier molecular flexibility index (Phi) is 3.73. The van der Waals surface area contributed by atoms with Crippen molar-refractivity contribution in [2.75, 3.05) is 18.5 Å². The number of carbonyl (C=O) groups excluding carboxylic acids is 1. The van der Waals surface area contributed by atoms with Crippen LogP contribution in [0.15, 0.2) is 22.7 Å². The lowest BCUT2D eigenvalue weighted by molar-refractivity contribution is -0.132. The molecule has 0 aliphatic heterocycles. The molecule has 0 bridgehead atoms. The summed E-state index contributed by atoms with van der Waals surface area (Å²) in [5, 5.41) is 0. The molecule has 1 aliphatic carbocycles. The molecule has 0 unspecified atom stereocenters. The van der Waals surface area contributed by atoms with E-state index in [9.17, 15) is 9.18 Å². The van der Waals surface area contributed by atoms with Crippen LogP contribution in [0.25, 0.3) is 0 Å². The molecule has 1 amide bonds. The Hall–Kier alpha value is -0.940. The Morgan fingerprint density at radius 3 is 2.72 bits per heavy atom. The summed E-state index contributed by atoms with van der Waals surface area (Å²) in [6.07, 6.45) is 2.60. The first kappa shape index (κ1) is 13.5. The van der Waals surface area contributed by atoms with E-state index in [2.05, 4.69) is 15.9 Å². The number of benzene rings is 1. The van der Waals surface area contributed by atoms with Crippen LogP contribution in [0.2, 0.25) is 0 Å². The van der Waals surface area contributed by atoms with Crippen molar-refractivity contribution in [3.05, 3.63) is 28.5 Å². The Morgan fingerprint density at radius 2 is 2.22 bits per heavy atom. The van der Waals surface area contributed by atoms with Crippen molar-refractivity contribution < 1.29 is 9.18 Å². The van der Waals surface area contributed by atoms with E-state index in [1.807, 2.05) is 0 Å². The second-order valence-electron chi connectivity index (χ2n) is 4.80. The van der Waals surface area contributed by atoms with Gasteiger partial charge in [0.2, 0.25) is 5.91 Å². The van der Waals surface area contributed by atoms with Crippen LogP contribution in [0.1, 0.15) is 19.3 Å². The first-order valence-corrected chi connectivity index (χ1v) is 6.73. The van der Waals surface area contributed by atoms with Crippen molar-refractivity contribution in [2.24, 2.45) is 11.1 Å². The number of hydrogen-bond donors (Lipinski definition) is 1. The second kappa shape index (κ2) is 4.97. The Morgan fingerprint density at radius 1 is 1.56 bits per heavy atom. The summed E-state index contributed by atoms with van der Waals surface area (Å²) in [6.45, 7) is 0.325. The van der Waals surface area contributed by atoms with Crippen molar-refractivity contribution in [3.8, 4) is 0 Å². The van der Waals surface area contributed by atoms with Crippen LogP contribution >= 0.6 is 15.9 Å². The highest BCUT2D eigenvalue weighted by Crippen LogP contribution is 2.42. The number of rotatable bonds is 3. The van der Waals surface area contributed by atoms with E-state index < -0.39 is 11.2 Å². The van der Waals surface area contributed by atoms with Crippen molar-refractivity contribution in [1.29, 1.82) is 0 Å². The minimum Gasteiger partial charge on any atom is -0.329 e. The third kappa shape index (κ3) is 2.17. The summed E-state index contributed by atoms with van der Waals surface area (Å²) >= 11 is 3.28. The number of hydrogen-bond acceptors (Lipinski definition) is 2. The summed E-state index contributed by atoms with van der Waals surface area (Å²) in [5.74, 6) is -0.492. The molecule has 0 heterocycles. The lowest BCUT2D eigenvalue weighted by Crippen LogP contribution is -2.51. The van der Waals surface area contributed by atoms with Gasteiger partial charge in [0.15, 0.2) is 0 Å². The van der Waals surface area contributed by atoms with Crippen LogP contribution in [0, 0.1) is 11.2 Å². The Labute approximate surface area is 114 Å². The van der Waals surface area contributed by atoms with Crippen molar-refractivity contribution in [2.45, 2.75) is 19.3 Å². The van der Waals surface area contributed by atoms with E-state index >= 15 is 0 Å². The minimum absolute atomic E-state index is 0.0896. The fourth-order valence-electron chi connectivity index (χ4n) is 2.32. The van der Waals surface area contributed by atoms with Crippen molar-refractivity contribution >= 4 is 27.5 Å². The van der Waals surface area contributed by atoms with Gasteiger partial charge in [-0.2, -0.15) is 0 Å². The molecule has 2 rings (SSSR count). The molecular weight excluding hydrogens is 299 g/mol. The highest BCUT2D eigenvalue weighted by atomic mass is 79.9. The predicted molar refractivity (Wildman–Crippen MR) is 72.8 cm³/mol. The molecule has 2 N–H and O–H groups in total. The average molecular weight is 315 g/mol. The monoisotopic (exact) mass is 314 g/mol. The van der Waals surface area contributed by atoms with E-state index in [1.54, 1.807) is 19.2 Å². The second-order valence-corrected chi connectivity index (χ2v) is 5.71. The smallest absolute Gasteiger partial charge is 0.234 e. The van der Waals surface area contributed by atoms with Gasteiger partial charge in [0.25, 0.3) is 0 Å². The van der Waals surface area contributed by atoms with E-state index in [1.165, 1.54) is 11.0 Å². The number of halogens is 2. The zero-order chi connectivity index (χ0) is 13.3. The van der Waals surface area contributed by atoms with E-state index in [4.69, 9.17) is 5.73 Å². The zero-order valence-corrected chi connectivity index (χ0v) is 11.8. The normalized spacial score (nSPS) is 17.1. The highest BCUT2D eigenvalue weighted by molar-refractivity contribution is 9.10. The molecule has 1 aromatic carbocycles. The van der Waals surface area contributed by atoms with Gasteiger partial charge in [-0.05, 0) is 31.0 Å². The molecule has 0 radical (unpaired) electrons. The lowest BCUT2D eigenvalue weighted by atomic mass is 9.68. The molecule has 18 heavy (non-hydrogen) atoms. The first-order chi connectivity index (χ1) is 8.50. The minimum atomic E-state index is -0.483. The maximum Gasteiger partial charge on any atom is 0.234 e. The first-order valence-electron chi connectivity index (χ1n) is 5.93. The van der Waals surface area contributed by atoms with Gasteiger partial charge in [0, 0.05) is 18.1 Å². The van der Waals surface area contributed by atoms with Crippen LogP contribution in [0.3, 0.4) is 0 Å². The topological polar surface area (TPSA) is 46.3 Å². The maximum absolute atomic E-state index is 13.7. The molecule has 0 saturated heterocycles. The standard InChI is InChI=1S/C13H16BrFN2O/c1-17(11-7-9(14)3-4-10(11)15)12(18)13(8-16)5-2-6-13/h3-4,7H,2,5-6,8,16H2,1H3. The van der Waals surface area contributed by atoms with Crippen LogP contribution in [-0.4, -0.2) is 19.5 Å². The molecule has 0 atom stereocenters. The number of nitrogens with zero attached hydrogens (tertiary/aromatic N) is 1. The molecule has 3 nitrogen and oxygen atoms in total. The Bertz CT molecular complexity index is 469. The van der Waals surface area contributed by atoms with Gasteiger partial charge < -0.3 is 10.6 Å². The third-order valence-corrected chi connectivity index (χ3v) is 4.22. The Balaban J connectivity index is 2.28. The summed E-state index contributed by atoms with van der Waals surface area (Å²) < 4.78 is 14.5. The van der Waals surface area contributed by atoms with Crippen LogP contribution < -0.4 is 10.6 Å². The molecular formula is C13H16BrFN2O. The lowest BCUT2D eigenvalue weighted by Gasteiger charge is -2.41. The SMILES string of the molecule is CN(C(=O)C1(CN)CCC1)c1cc(Br)ccc1F. The highest BCUT2D eigenvalue weighted by Gasteiger charge is 2.44. The zero-order valence-electron chi connectivity index (χ0n) is 10.2.